The van der Waals surface area contributed by atoms with E-state index in [9.17, 15) is 9.59 Å². The normalized spacial score (nSPS) is 18.0. The van der Waals surface area contributed by atoms with E-state index in [1.54, 1.807) is 17.0 Å². The van der Waals surface area contributed by atoms with Gasteiger partial charge in [-0.1, -0.05) is 29.8 Å². The third kappa shape index (κ3) is 5.30. The van der Waals surface area contributed by atoms with Gasteiger partial charge in [-0.25, -0.2) is 0 Å². The van der Waals surface area contributed by atoms with Gasteiger partial charge in [-0.2, -0.15) is 0 Å². The number of benzene rings is 3. The summed E-state index contributed by atoms with van der Waals surface area (Å²) in [4.78, 5) is 32.4. The van der Waals surface area contributed by atoms with Gasteiger partial charge >= 0.3 is 0 Å². The van der Waals surface area contributed by atoms with E-state index >= 15 is 0 Å². The Morgan fingerprint density at radius 3 is 2.60 bits per heavy atom. The molecule has 3 heterocycles. The molecule has 0 saturated carbocycles. The minimum atomic E-state index is -0.202. The average molecular weight is 558 g/mol. The molecular weight excluding hydrogens is 526 g/mol. The third-order valence-corrected chi connectivity index (χ3v) is 8.05. The molecule has 0 radical (unpaired) electrons. The van der Waals surface area contributed by atoms with Gasteiger partial charge in [-0.15, -0.1) is 0 Å². The smallest absolute Gasteiger partial charge is 0.258 e. The predicted octanol–water partition coefficient (Wildman–Crippen LogP) is 4.42. The first-order valence-corrected chi connectivity index (χ1v) is 13.9. The van der Waals surface area contributed by atoms with Crippen LogP contribution in [0.3, 0.4) is 0 Å². The molecule has 0 aromatic heterocycles. The molecule has 3 aliphatic rings. The van der Waals surface area contributed by atoms with Crippen LogP contribution in [0.2, 0.25) is 5.02 Å². The summed E-state index contributed by atoms with van der Waals surface area (Å²) in [5.74, 6) is 0.694. The maximum atomic E-state index is 13.2. The summed E-state index contributed by atoms with van der Waals surface area (Å²) in [6, 6.07) is 19.1. The monoisotopic (exact) mass is 557 g/mol. The maximum absolute atomic E-state index is 13.2. The van der Waals surface area contributed by atoms with Crippen LogP contribution in [0.1, 0.15) is 16.7 Å². The van der Waals surface area contributed by atoms with Crippen LogP contribution in [0.4, 0.5) is 17.1 Å². The van der Waals surface area contributed by atoms with E-state index in [1.165, 1.54) is 0 Å². The lowest BCUT2D eigenvalue weighted by atomic mass is 9.98. The summed E-state index contributed by atoms with van der Waals surface area (Å²) >= 11 is 6.20. The number of ether oxygens (including phenoxy) is 1. The molecule has 0 atom stereocenters. The zero-order chi connectivity index (χ0) is 27.8. The lowest BCUT2D eigenvalue weighted by Gasteiger charge is -2.32. The Morgan fingerprint density at radius 2 is 1.82 bits per heavy atom. The molecule has 2 amide bonds. The summed E-state index contributed by atoms with van der Waals surface area (Å²) in [5, 5.41) is 7.00. The molecule has 8 nitrogen and oxygen atoms in total. The maximum Gasteiger partial charge on any atom is 0.258 e. The van der Waals surface area contributed by atoms with E-state index in [0.717, 1.165) is 66.4 Å². The molecule has 0 bridgehead atoms. The van der Waals surface area contributed by atoms with E-state index in [0.29, 0.717) is 35.1 Å². The number of nitrogens with one attached hydrogen (secondary N) is 2. The molecule has 3 aliphatic heterocycles. The van der Waals surface area contributed by atoms with Crippen LogP contribution >= 0.6 is 11.6 Å². The molecule has 0 unspecified atom stereocenters. The molecule has 1 fully saturated rings. The molecule has 3 aromatic carbocycles. The number of piperazine rings is 1. The van der Waals surface area contributed by atoms with Gasteiger partial charge < -0.3 is 25.2 Å². The fourth-order valence-electron chi connectivity index (χ4n) is 5.35. The Kier molecular flexibility index (Phi) is 7.23. The fraction of sp³-hybridized carbons (Fsp3) is 0.290. The van der Waals surface area contributed by atoms with Crippen LogP contribution in [-0.2, 0) is 16.0 Å². The number of hydrogen-bond acceptors (Lipinski definition) is 6. The fourth-order valence-corrected chi connectivity index (χ4v) is 5.53. The zero-order valence-corrected chi connectivity index (χ0v) is 23.4. The number of amides is 2. The van der Waals surface area contributed by atoms with Crippen molar-refractivity contribution in [1.29, 1.82) is 0 Å². The molecule has 40 heavy (non-hydrogen) atoms. The topological polar surface area (TPSA) is 77.2 Å². The quantitative estimate of drug-likeness (QED) is 0.437. The van der Waals surface area contributed by atoms with Crippen molar-refractivity contribution in [3.05, 3.63) is 82.4 Å². The second-order valence-corrected chi connectivity index (χ2v) is 11.0. The minimum Gasteiger partial charge on any atom is -0.493 e. The highest BCUT2D eigenvalue weighted by Gasteiger charge is 2.29. The highest BCUT2D eigenvalue weighted by atomic mass is 35.5. The lowest BCUT2D eigenvalue weighted by molar-refractivity contribution is -0.119. The second kappa shape index (κ2) is 11.0. The van der Waals surface area contributed by atoms with Crippen molar-refractivity contribution in [2.75, 3.05) is 69.0 Å². The van der Waals surface area contributed by atoms with Gasteiger partial charge in [0.25, 0.3) is 5.91 Å². The first-order valence-electron chi connectivity index (χ1n) is 13.5. The van der Waals surface area contributed by atoms with E-state index in [-0.39, 0.29) is 11.8 Å². The third-order valence-electron chi connectivity index (χ3n) is 7.81. The van der Waals surface area contributed by atoms with Crippen LogP contribution in [0.5, 0.6) is 5.75 Å². The predicted molar refractivity (Wildman–Crippen MR) is 160 cm³/mol. The Bertz CT molecular complexity index is 1500. The highest BCUT2D eigenvalue weighted by Crippen LogP contribution is 2.40. The molecular formula is C31H32ClN5O3. The molecule has 1 saturated heterocycles. The van der Waals surface area contributed by atoms with Crippen molar-refractivity contribution in [2.45, 2.75) is 6.42 Å². The van der Waals surface area contributed by atoms with Crippen LogP contribution in [0.25, 0.3) is 11.3 Å². The van der Waals surface area contributed by atoms with E-state index in [4.69, 9.17) is 16.3 Å². The van der Waals surface area contributed by atoms with Crippen molar-refractivity contribution in [3.63, 3.8) is 0 Å². The summed E-state index contributed by atoms with van der Waals surface area (Å²) in [6.45, 7) is 4.80. The van der Waals surface area contributed by atoms with Crippen LogP contribution in [0.15, 0.2) is 60.7 Å². The first kappa shape index (κ1) is 26.4. The van der Waals surface area contributed by atoms with E-state index in [1.807, 2.05) is 49.5 Å². The Hall–Kier alpha value is -3.85. The van der Waals surface area contributed by atoms with Crippen molar-refractivity contribution in [2.24, 2.45) is 0 Å². The molecule has 206 valence electrons. The number of fused-ring (bicyclic) bond motifs is 2. The van der Waals surface area contributed by atoms with Gasteiger partial charge in [0.1, 0.15) is 5.75 Å². The molecule has 0 aliphatic carbocycles. The SMILES string of the molecule is CN1CCN(CC(=O)N(C)c2ccc(N/C(=C3\C(=O)Nc4cc(Cl)ccc43)c3ccc4c(c3)OCC4)cc2)CC1. The molecule has 9 heteroatoms. The summed E-state index contributed by atoms with van der Waals surface area (Å²) in [5.41, 5.74) is 6.27. The number of halogens is 1. The number of hydrogen-bond donors (Lipinski definition) is 2. The van der Waals surface area contributed by atoms with Gasteiger partial charge in [0.05, 0.1) is 30.1 Å². The summed E-state index contributed by atoms with van der Waals surface area (Å²) in [6.07, 6.45) is 0.874. The van der Waals surface area contributed by atoms with Crippen LogP contribution < -0.4 is 20.3 Å². The minimum absolute atomic E-state index is 0.0594. The Morgan fingerprint density at radius 1 is 1.05 bits per heavy atom. The van der Waals surface area contributed by atoms with Crippen LogP contribution in [0, 0.1) is 0 Å². The number of anilines is 3. The lowest BCUT2D eigenvalue weighted by Crippen LogP contribution is -2.48. The van der Waals surface area contributed by atoms with Crippen molar-refractivity contribution in [3.8, 4) is 5.75 Å². The Balaban J connectivity index is 1.28. The molecule has 2 N–H and O–H groups in total. The van der Waals surface area contributed by atoms with Crippen molar-refractivity contribution < 1.29 is 14.3 Å². The van der Waals surface area contributed by atoms with Crippen molar-refractivity contribution >= 4 is 51.7 Å². The van der Waals surface area contributed by atoms with Gasteiger partial charge in [0, 0.05) is 67.2 Å². The standard InChI is InChI=1S/C31H32ClN5O3/c1-35-12-14-37(15-13-35)19-28(38)36(2)24-8-6-23(7-9-24)33-30(21-4-3-20-11-16-40-27(20)17-21)29-25-10-5-22(32)18-26(25)34-31(29)39/h3-10,17-18,33H,11-16,19H2,1-2H3,(H,34,39)/b30-29-. The summed E-state index contributed by atoms with van der Waals surface area (Å²) in [7, 11) is 3.91. The zero-order valence-electron chi connectivity index (χ0n) is 22.7. The van der Waals surface area contributed by atoms with Gasteiger partial charge in [0.15, 0.2) is 0 Å². The van der Waals surface area contributed by atoms with Crippen molar-refractivity contribution in [1.82, 2.24) is 9.80 Å². The van der Waals surface area contributed by atoms with E-state index in [2.05, 4.69) is 33.5 Å². The van der Waals surface area contributed by atoms with Gasteiger partial charge in [0.2, 0.25) is 5.91 Å². The number of carbonyl (C=O) groups excluding carboxylic acids is 2. The molecule has 6 rings (SSSR count). The number of likely N-dealkylation sites (N-methyl/N-ethyl adjacent to an activating group) is 2. The number of nitrogens with zero attached hydrogens (tertiary/aromatic N) is 3. The number of rotatable bonds is 6. The van der Waals surface area contributed by atoms with Gasteiger partial charge in [-0.05, 0) is 55.1 Å². The second-order valence-electron chi connectivity index (χ2n) is 10.5. The van der Waals surface area contributed by atoms with Crippen LogP contribution in [-0.4, -0.2) is 75.0 Å². The average Bonchev–Trinajstić information content (AvgIpc) is 3.55. The highest BCUT2D eigenvalue weighted by molar-refractivity contribution is 6.38. The number of carbonyl (C=O) groups is 2. The Labute approximate surface area is 239 Å². The molecule has 0 spiro atoms. The molecule has 3 aromatic rings. The largest absolute Gasteiger partial charge is 0.493 e. The van der Waals surface area contributed by atoms with E-state index < -0.39 is 0 Å². The summed E-state index contributed by atoms with van der Waals surface area (Å²) < 4.78 is 5.83. The van der Waals surface area contributed by atoms with Gasteiger partial charge in [-0.3, -0.25) is 14.5 Å². The first-order chi connectivity index (χ1) is 19.4.